The second-order valence-corrected chi connectivity index (χ2v) is 7.38. The SMILES string of the molecule is Cc1ccc(C)c(C(=O)NC2CC(N(CC(=O)O)CC3CC3)C2)c1. The van der Waals surface area contributed by atoms with Gasteiger partial charge in [-0.25, -0.2) is 0 Å². The average Bonchev–Trinajstić information content (AvgIpc) is 3.27. The number of carboxylic acid groups (broad SMARTS) is 1. The Balaban J connectivity index is 1.52. The molecule has 0 unspecified atom stereocenters. The number of rotatable bonds is 7. The lowest BCUT2D eigenvalue weighted by atomic mass is 9.85. The molecular weight excluding hydrogens is 304 g/mol. The van der Waals surface area contributed by atoms with Gasteiger partial charge in [0, 0.05) is 24.2 Å². The van der Waals surface area contributed by atoms with Gasteiger partial charge in [0.05, 0.1) is 6.54 Å². The fourth-order valence-electron chi connectivity index (χ4n) is 3.40. The van der Waals surface area contributed by atoms with Crippen molar-refractivity contribution >= 4 is 11.9 Å². The van der Waals surface area contributed by atoms with Crippen molar-refractivity contribution in [2.45, 2.75) is 51.6 Å². The van der Waals surface area contributed by atoms with Crippen molar-refractivity contribution in [3.05, 3.63) is 34.9 Å². The van der Waals surface area contributed by atoms with E-state index in [1.165, 1.54) is 12.8 Å². The minimum atomic E-state index is -0.765. The molecule has 2 aliphatic carbocycles. The van der Waals surface area contributed by atoms with E-state index in [1.54, 1.807) is 0 Å². The van der Waals surface area contributed by atoms with Crippen molar-refractivity contribution in [3.63, 3.8) is 0 Å². The Kier molecular flexibility index (Phi) is 4.90. The largest absolute Gasteiger partial charge is 0.480 e. The zero-order chi connectivity index (χ0) is 17.3. The second kappa shape index (κ2) is 6.93. The molecule has 0 spiro atoms. The van der Waals surface area contributed by atoms with Crippen LogP contribution in [-0.4, -0.2) is 47.1 Å². The van der Waals surface area contributed by atoms with E-state index in [9.17, 15) is 9.59 Å². The van der Waals surface area contributed by atoms with Crippen molar-refractivity contribution in [1.29, 1.82) is 0 Å². The molecule has 2 N–H and O–H groups in total. The number of aryl methyl sites for hydroxylation is 2. The summed E-state index contributed by atoms with van der Waals surface area (Å²) in [5, 5.41) is 12.2. The molecule has 1 amide bonds. The summed E-state index contributed by atoms with van der Waals surface area (Å²) in [6.07, 6.45) is 4.12. The molecule has 1 aromatic carbocycles. The molecule has 130 valence electrons. The number of carbonyl (C=O) groups excluding carboxylic acids is 1. The van der Waals surface area contributed by atoms with E-state index < -0.39 is 5.97 Å². The molecule has 1 aromatic rings. The van der Waals surface area contributed by atoms with E-state index in [-0.39, 0.29) is 24.5 Å². The summed E-state index contributed by atoms with van der Waals surface area (Å²) in [6, 6.07) is 6.33. The highest BCUT2D eigenvalue weighted by molar-refractivity contribution is 5.96. The van der Waals surface area contributed by atoms with Crippen LogP contribution in [0.4, 0.5) is 0 Å². The average molecular weight is 330 g/mol. The van der Waals surface area contributed by atoms with Crippen LogP contribution in [-0.2, 0) is 4.79 Å². The quantitative estimate of drug-likeness (QED) is 0.805. The molecule has 0 bridgehead atoms. The van der Waals surface area contributed by atoms with Gasteiger partial charge in [-0.15, -0.1) is 0 Å². The zero-order valence-electron chi connectivity index (χ0n) is 14.4. The third-order valence-electron chi connectivity index (χ3n) is 5.13. The predicted octanol–water partition coefficient (Wildman–Crippen LogP) is 2.36. The van der Waals surface area contributed by atoms with Crippen LogP contribution in [0.25, 0.3) is 0 Å². The summed E-state index contributed by atoms with van der Waals surface area (Å²) < 4.78 is 0. The van der Waals surface area contributed by atoms with Gasteiger partial charge in [-0.05, 0) is 57.1 Å². The highest BCUT2D eigenvalue weighted by Gasteiger charge is 2.37. The van der Waals surface area contributed by atoms with Gasteiger partial charge in [0.2, 0.25) is 0 Å². The maximum absolute atomic E-state index is 12.4. The Morgan fingerprint density at radius 2 is 1.96 bits per heavy atom. The Labute approximate surface area is 143 Å². The number of amides is 1. The van der Waals surface area contributed by atoms with E-state index in [2.05, 4.69) is 10.2 Å². The smallest absolute Gasteiger partial charge is 0.317 e. The van der Waals surface area contributed by atoms with Crippen LogP contribution in [0.15, 0.2) is 18.2 Å². The number of carbonyl (C=O) groups is 2. The van der Waals surface area contributed by atoms with Gasteiger partial charge in [0.25, 0.3) is 5.91 Å². The first-order valence-corrected chi connectivity index (χ1v) is 8.76. The summed E-state index contributed by atoms with van der Waals surface area (Å²) in [4.78, 5) is 25.6. The minimum Gasteiger partial charge on any atom is -0.480 e. The van der Waals surface area contributed by atoms with Crippen LogP contribution in [0.1, 0.15) is 47.2 Å². The van der Waals surface area contributed by atoms with Crippen molar-refractivity contribution < 1.29 is 14.7 Å². The van der Waals surface area contributed by atoms with E-state index in [0.29, 0.717) is 5.92 Å². The van der Waals surface area contributed by atoms with Gasteiger partial charge in [0.1, 0.15) is 0 Å². The molecule has 0 atom stereocenters. The Hall–Kier alpha value is -1.88. The van der Waals surface area contributed by atoms with Crippen LogP contribution in [0.2, 0.25) is 0 Å². The number of aliphatic carboxylic acids is 1. The standard InChI is InChI=1S/C19H26N2O3/c1-12-3-4-13(2)17(7-12)19(24)20-15-8-16(9-15)21(11-18(22)23)10-14-5-6-14/h3-4,7,14-16H,5-6,8-11H2,1-2H3,(H,20,24)(H,22,23). The molecule has 0 heterocycles. The monoisotopic (exact) mass is 330 g/mol. The summed E-state index contributed by atoms with van der Waals surface area (Å²) in [7, 11) is 0. The van der Waals surface area contributed by atoms with Crippen molar-refractivity contribution in [1.82, 2.24) is 10.2 Å². The highest BCUT2D eigenvalue weighted by atomic mass is 16.4. The lowest BCUT2D eigenvalue weighted by molar-refractivity contribution is -0.139. The van der Waals surface area contributed by atoms with Crippen LogP contribution < -0.4 is 5.32 Å². The Morgan fingerprint density at radius 1 is 1.25 bits per heavy atom. The molecule has 5 heteroatoms. The number of hydrogen-bond donors (Lipinski definition) is 2. The lowest BCUT2D eigenvalue weighted by Gasteiger charge is -2.42. The number of nitrogens with zero attached hydrogens (tertiary/aromatic N) is 1. The normalized spacial score (nSPS) is 23.0. The number of hydrogen-bond acceptors (Lipinski definition) is 3. The molecule has 0 saturated heterocycles. The molecule has 0 radical (unpaired) electrons. The van der Waals surface area contributed by atoms with E-state index >= 15 is 0 Å². The summed E-state index contributed by atoms with van der Waals surface area (Å²) in [6.45, 7) is 4.92. The van der Waals surface area contributed by atoms with Crippen molar-refractivity contribution in [2.75, 3.05) is 13.1 Å². The first-order valence-electron chi connectivity index (χ1n) is 8.76. The Morgan fingerprint density at radius 3 is 2.58 bits per heavy atom. The topological polar surface area (TPSA) is 69.6 Å². The van der Waals surface area contributed by atoms with Crippen molar-refractivity contribution in [2.24, 2.45) is 5.92 Å². The maximum atomic E-state index is 12.4. The van der Waals surface area contributed by atoms with E-state index in [4.69, 9.17) is 5.11 Å². The summed E-state index contributed by atoms with van der Waals surface area (Å²) in [5.74, 6) is -0.113. The van der Waals surface area contributed by atoms with E-state index in [0.717, 1.165) is 36.1 Å². The lowest BCUT2D eigenvalue weighted by Crippen LogP contribution is -2.55. The minimum absolute atomic E-state index is 0.0216. The maximum Gasteiger partial charge on any atom is 0.317 e. The Bertz CT molecular complexity index is 633. The second-order valence-electron chi connectivity index (χ2n) is 7.38. The number of nitrogens with one attached hydrogen (secondary N) is 1. The summed E-state index contributed by atoms with van der Waals surface area (Å²) >= 11 is 0. The van der Waals surface area contributed by atoms with Crippen LogP contribution >= 0.6 is 0 Å². The van der Waals surface area contributed by atoms with Gasteiger partial charge in [-0.1, -0.05) is 17.7 Å². The molecule has 0 aliphatic heterocycles. The molecule has 2 saturated carbocycles. The molecule has 0 aromatic heterocycles. The van der Waals surface area contributed by atoms with Crippen LogP contribution in [0.3, 0.4) is 0 Å². The summed E-state index contributed by atoms with van der Waals surface area (Å²) in [5.41, 5.74) is 2.79. The molecule has 3 rings (SSSR count). The number of carboxylic acids is 1. The van der Waals surface area contributed by atoms with Gasteiger partial charge in [0.15, 0.2) is 0 Å². The van der Waals surface area contributed by atoms with Gasteiger partial charge < -0.3 is 10.4 Å². The van der Waals surface area contributed by atoms with Crippen LogP contribution in [0, 0.1) is 19.8 Å². The molecule has 24 heavy (non-hydrogen) atoms. The number of benzene rings is 1. The molecule has 5 nitrogen and oxygen atoms in total. The van der Waals surface area contributed by atoms with Gasteiger partial charge in [-0.3, -0.25) is 14.5 Å². The predicted molar refractivity (Wildman–Crippen MR) is 92.1 cm³/mol. The molecule has 2 aliphatic rings. The van der Waals surface area contributed by atoms with Gasteiger partial charge >= 0.3 is 5.97 Å². The molecule has 2 fully saturated rings. The van der Waals surface area contributed by atoms with Gasteiger partial charge in [-0.2, -0.15) is 0 Å². The first-order chi connectivity index (χ1) is 11.4. The molecular formula is C19H26N2O3. The third-order valence-corrected chi connectivity index (χ3v) is 5.13. The highest BCUT2D eigenvalue weighted by Crippen LogP contribution is 2.33. The first kappa shape index (κ1) is 17.0. The van der Waals surface area contributed by atoms with Crippen molar-refractivity contribution in [3.8, 4) is 0 Å². The van der Waals surface area contributed by atoms with Crippen LogP contribution in [0.5, 0.6) is 0 Å². The fraction of sp³-hybridized carbons (Fsp3) is 0.579. The zero-order valence-corrected chi connectivity index (χ0v) is 14.4. The third kappa shape index (κ3) is 4.15. The van der Waals surface area contributed by atoms with E-state index in [1.807, 2.05) is 32.0 Å². The fourth-order valence-corrected chi connectivity index (χ4v) is 3.40.